The normalized spacial score (nSPS) is 14.6. The van der Waals surface area contributed by atoms with Crippen LogP contribution in [0, 0.1) is 0 Å². The summed E-state index contributed by atoms with van der Waals surface area (Å²) >= 11 is 1.59. The van der Waals surface area contributed by atoms with Crippen LogP contribution in [0.1, 0.15) is 12.0 Å². The summed E-state index contributed by atoms with van der Waals surface area (Å²) in [6.45, 7) is 2.30. The molecule has 0 spiro atoms. The average molecular weight is 369 g/mol. The van der Waals surface area contributed by atoms with Crippen LogP contribution in [0.4, 0.5) is 0 Å². The number of primary amides is 1. The number of carbonyl (C=O) groups is 1. The molecule has 4 rings (SSSR count). The van der Waals surface area contributed by atoms with Crippen LogP contribution in [-0.4, -0.2) is 40.6 Å². The first-order valence-corrected chi connectivity index (χ1v) is 9.27. The topological polar surface area (TPSA) is 88.7 Å². The number of phenolic OH excluding ortho intramolecular Hbond substituents is 1. The molecule has 6 nitrogen and oxygen atoms in total. The van der Waals surface area contributed by atoms with E-state index in [-0.39, 0.29) is 11.7 Å². The van der Waals surface area contributed by atoms with Crippen molar-refractivity contribution in [1.82, 2.24) is 9.88 Å². The number of thiazole rings is 1. The maximum absolute atomic E-state index is 11.1. The van der Waals surface area contributed by atoms with Crippen LogP contribution in [0.25, 0.3) is 20.8 Å². The summed E-state index contributed by atoms with van der Waals surface area (Å²) in [4.78, 5) is 17.8. The van der Waals surface area contributed by atoms with Crippen LogP contribution in [0.15, 0.2) is 36.4 Å². The van der Waals surface area contributed by atoms with Gasteiger partial charge in [0.2, 0.25) is 5.91 Å². The van der Waals surface area contributed by atoms with Crippen molar-refractivity contribution in [3.63, 3.8) is 0 Å². The van der Waals surface area contributed by atoms with Gasteiger partial charge in [-0.2, -0.15) is 0 Å². The molecule has 134 valence electrons. The molecule has 0 atom stereocenters. The summed E-state index contributed by atoms with van der Waals surface area (Å²) in [5, 5.41) is 11.3. The maximum Gasteiger partial charge on any atom is 0.218 e. The van der Waals surface area contributed by atoms with Gasteiger partial charge in [-0.3, -0.25) is 9.69 Å². The standard InChI is InChI=1S/C19H19N3O3S/c20-17(24)5-6-22-7-8-25-18-13(11-22)9-12(10-15(18)23)19-21-14-3-1-2-4-16(14)26-19/h1-4,9-10,23H,5-8,11H2,(H2,20,24). The molecule has 2 aromatic carbocycles. The number of aromatic hydroxyl groups is 1. The molecule has 0 saturated carbocycles. The molecule has 0 bridgehead atoms. The molecular formula is C19H19N3O3S. The Morgan fingerprint density at radius 2 is 2.19 bits per heavy atom. The number of nitrogens with two attached hydrogens (primary N) is 1. The lowest BCUT2D eigenvalue weighted by Gasteiger charge is -2.18. The van der Waals surface area contributed by atoms with Gasteiger partial charge in [-0.25, -0.2) is 4.98 Å². The van der Waals surface area contributed by atoms with E-state index < -0.39 is 0 Å². The van der Waals surface area contributed by atoms with Crippen molar-refractivity contribution in [2.24, 2.45) is 5.73 Å². The number of hydrogen-bond acceptors (Lipinski definition) is 6. The van der Waals surface area contributed by atoms with E-state index in [4.69, 9.17) is 10.5 Å². The van der Waals surface area contributed by atoms with Gasteiger partial charge in [0.05, 0.1) is 10.2 Å². The van der Waals surface area contributed by atoms with E-state index >= 15 is 0 Å². The molecule has 3 N–H and O–H groups in total. The number of aromatic nitrogens is 1. The Kier molecular flexibility index (Phi) is 4.48. The molecule has 0 radical (unpaired) electrons. The quantitative estimate of drug-likeness (QED) is 0.738. The molecule has 0 saturated heterocycles. The lowest BCUT2D eigenvalue weighted by Crippen LogP contribution is -2.29. The minimum absolute atomic E-state index is 0.119. The van der Waals surface area contributed by atoms with E-state index in [0.717, 1.165) is 26.4 Å². The third-order valence-electron chi connectivity index (χ3n) is 4.41. The lowest BCUT2D eigenvalue weighted by molar-refractivity contribution is -0.118. The third kappa shape index (κ3) is 3.36. The van der Waals surface area contributed by atoms with Gasteiger partial charge in [0.15, 0.2) is 11.5 Å². The molecule has 0 fully saturated rings. The average Bonchev–Trinajstić information content (AvgIpc) is 2.94. The minimum atomic E-state index is -0.318. The Hall–Kier alpha value is -2.64. The highest BCUT2D eigenvalue weighted by molar-refractivity contribution is 7.21. The van der Waals surface area contributed by atoms with Gasteiger partial charge >= 0.3 is 0 Å². The zero-order valence-corrected chi connectivity index (χ0v) is 15.0. The van der Waals surface area contributed by atoms with Crippen molar-refractivity contribution in [2.45, 2.75) is 13.0 Å². The SMILES string of the molecule is NC(=O)CCN1CCOc2c(O)cc(-c3nc4ccccc4s3)cc2C1. The lowest BCUT2D eigenvalue weighted by atomic mass is 10.1. The predicted octanol–water partition coefficient (Wildman–Crippen LogP) is 2.74. The van der Waals surface area contributed by atoms with Crippen LogP contribution in [0.3, 0.4) is 0 Å². The van der Waals surface area contributed by atoms with Gasteiger partial charge in [0.1, 0.15) is 11.6 Å². The van der Waals surface area contributed by atoms with E-state index in [2.05, 4.69) is 9.88 Å². The van der Waals surface area contributed by atoms with Crippen molar-refractivity contribution < 1.29 is 14.6 Å². The van der Waals surface area contributed by atoms with E-state index in [9.17, 15) is 9.90 Å². The Morgan fingerprint density at radius 1 is 1.35 bits per heavy atom. The van der Waals surface area contributed by atoms with Crippen molar-refractivity contribution >= 4 is 27.5 Å². The number of ether oxygens (including phenoxy) is 1. The number of hydrogen-bond donors (Lipinski definition) is 2. The fourth-order valence-electron chi connectivity index (χ4n) is 3.13. The van der Waals surface area contributed by atoms with Crippen LogP contribution < -0.4 is 10.5 Å². The van der Waals surface area contributed by atoms with Gasteiger partial charge in [-0.15, -0.1) is 11.3 Å². The van der Waals surface area contributed by atoms with Crippen molar-refractivity contribution in [3.05, 3.63) is 42.0 Å². The highest BCUT2D eigenvalue weighted by Gasteiger charge is 2.21. The molecular weight excluding hydrogens is 350 g/mol. The second-order valence-electron chi connectivity index (χ2n) is 6.31. The van der Waals surface area contributed by atoms with Crippen LogP contribution in [0.5, 0.6) is 11.5 Å². The Morgan fingerprint density at radius 3 is 3.00 bits per heavy atom. The number of fused-ring (bicyclic) bond motifs is 2. The van der Waals surface area contributed by atoms with Crippen LogP contribution >= 0.6 is 11.3 Å². The molecule has 0 aliphatic carbocycles. The molecule has 1 aliphatic heterocycles. The molecule has 1 amide bonds. The molecule has 3 aromatic rings. The number of nitrogens with zero attached hydrogens (tertiary/aromatic N) is 2. The second kappa shape index (κ2) is 6.93. The Balaban J connectivity index is 1.68. The Bertz CT molecular complexity index is 937. The number of amides is 1. The Labute approximate surface area is 154 Å². The summed E-state index contributed by atoms with van der Waals surface area (Å²) < 4.78 is 6.85. The highest BCUT2D eigenvalue weighted by atomic mass is 32.1. The highest BCUT2D eigenvalue weighted by Crippen LogP contribution is 2.39. The maximum atomic E-state index is 11.1. The summed E-state index contributed by atoms with van der Waals surface area (Å²) in [6, 6.07) is 11.7. The third-order valence-corrected chi connectivity index (χ3v) is 5.49. The van der Waals surface area contributed by atoms with Gasteiger partial charge in [-0.05, 0) is 24.3 Å². The van der Waals surface area contributed by atoms with E-state index in [1.54, 1.807) is 17.4 Å². The first-order chi connectivity index (χ1) is 12.6. The molecule has 2 heterocycles. The van der Waals surface area contributed by atoms with Crippen LogP contribution in [0.2, 0.25) is 0 Å². The number of phenols is 1. The van der Waals surface area contributed by atoms with Gasteiger partial charge in [-0.1, -0.05) is 12.1 Å². The molecule has 26 heavy (non-hydrogen) atoms. The summed E-state index contributed by atoms with van der Waals surface area (Å²) in [7, 11) is 0. The summed E-state index contributed by atoms with van der Waals surface area (Å²) in [6.07, 6.45) is 0.304. The van der Waals surface area contributed by atoms with Crippen molar-refractivity contribution in [2.75, 3.05) is 19.7 Å². The van der Waals surface area contributed by atoms with E-state index in [1.165, 1.54) is 0 Å². The van der Waals surface area contributed by atoms with Crippen molar-refractivity contribution in [1.29, 1.82) is 0 Å². The van der Waals surface area contributed by atoms with Crippen LogP contribution in [-0.2, 0) is 11.3 Å². The zero-order valence-electron chi connectivity index (χ0n) is 14.1. The monoisotopic (exact) mass is 369 g/mol. The van der Waals surface area contributed by atoms with E-state index in [0.29, 0.717) is 38.4 Å². The van der Waals surface area contributed by atoms with Crippen molar-refractivity contribution in [3.8, 4) is 22.1 Å². The number of carbonyl (C=O) groups excluding carboxylic acids is 1. The molecule has 7 heteroatoms. The van der Waals surface area contributed by atoms with Gasteiger partial charge in [0, 0.05) is 37.2 Å². The zero-order chi connectivity index (χ0) is 18.1. The predicted molar refractivity (Wildman–Crippen MR) is 101 cm³/mol. The second-order valence-corrected chi connectivity index (χ2v) is 7.34. The van der Waals surface area contributed by atoms with Gasteiger partial charge < -0.3 is 15.6 Å². The number of para-hydroxylation sites is 1. The first kappa shape index (κ1) is 16.8. The first-order valence-electron chi connectivity index (χ1n) is 8.45. The van der Waals surface area contributed by atoms with Gasteiger partial charge in [0.25, 0.3) is 0 Å². The number of rotatable bonds is 4. The fourth-order valence-corrected chi connectivity index (χ4v) is 4.08. The summed E-state index contributed by atoms with van der Waals surface area (Å²) in [5.41, 5.74) is 7.96. The molecule has 1 aliphatic rings. The molecule has 0 unspecified atom stereocenters. The smallest absolute Gasteiger partial charge is 0.218 e. The number of benzene rings is 2. The fraction of sp³-hybridized carbons (Fsp3) is 0.263. The minimum Gasteiger partial charge on any atom is -0.504 e. The van der Waals surface area contributed by atoms with E-state index in [1.807, 2.05) is 30.3 Å². The summed E-state index contributed by atoms with van der Waals surface area (Å²) in [5.74, 6) is 0.311. The molecule has 1 aromatic heterocycles. The largest absolute Gasteiger partial charge is 0.504 e.